The summed E-state index contributed by atoms with van der Waals surface area (Å²) < 4.78 is 0. The van der Waals surface area contributed by atoms with Gasteiger partial charge in [-0.15, -0.1) is 0 Å². The number of rotatable bonds is 3. The Bertz CT molecular complexity index is 871. The van der Waals surface area contributed by atoms with Crippen LogP contribution in [0.4, 0.5) is 5.69 Å². The first-order valence-corrected chi connectivity index (χ1v) is 9.71. The molecule has 0 bridgehead atoms. The van der Waals surface area contributed by atoms with E-state index in [-0.39, 0.29) is 17.9 Å². The quantitative estimate of drug-likeness (QED) is 0.792. The van der Waals surface area contributed by atoms with Crippen LogP contribution in [0, 0.1) is 0 Å². The van der Waals surface area contributed by atoms with E-state index in [1.165, 1.54) is 24.6 Å². The van der Waals surface area contributed by atoms with Gasteiger partial charge in [0, 0.05) is 16.5 Å². The van der Waals surface area contributed by atoms with Gasteiger partial charge in [-0.2, -0.15) is 0 Å². The monoisotopic (exact) mass is 364 g/mol. The zero-order valence-electron chi connectivity index (χ0n) is 14.3. The van der Waals surface area contributed by atoms with E-state index in [4.69, 9.17) is 0 Å². The molecule has 0 saturated heterocycles. The molecule has 0 aromatic heterocycles. The largest absolute Gasteiger partial charge is 0.349 e. The smallest absolute Gasteiger partial charge is 0.262 e. The van der Waals surface area contributed by atoms with Gasteiger partial charge in [0.2, 0.25) is 0 Å². The van der Waals surface area contributed by atoms with E-state index < -0.39 is 0 Å². The fourth-order valence-electron chi connectivity index (χ4n) is 3.34. The Morgan fingerprint density at radius 3 is 2.65 bits per heavy atom. The summed E-state index contributed by atoms with van der Waals surface area (Å²) in [6.07, 6.45) is 6.34. The van der Waals surface area contributed by atoms with Crippen LogP contribution in [0.1, 0.15) is 41.6 Å². The molecule has 2 amide bonds. The molecule has 0 atom stereocenters. The Labute approximate surface area is 157 Å². The number of thioether (sulfide) groups is 1. The zero-order chi connectivity index (χ0) is 17.9. The van der Waals surface area contributed by atoms with E-state index in [9.17, 15) is 9.59 Å². The summed E-state index contributed by atoms with van der Waals surface area (Å²) >= 11 is 1.43. The molecule has 2 N–H and O–H groups in total. The van der Waals surface area contributed by atoms with Crippen molar-refractivity contribution in [2.24, 2.45) is 0 Å². The summed E-state index contributed by atoms with van der Waals surface area (Å²) in [7, 11) is 0. The van der Waals surface area contributed by atoms with Crippen LogP contribution in [0.15, 0.2) is 58.3 Å². The molecule has 1 saturated carbocycles. The van der Waals surface area contributed by atoms with Gasteiger partial charge < -0.3 is 10.6 Å². The highest BCUT2D eigenvalue weighted by atomic mass is 32.2. The van der Waals surface area contributed by atoms with E-state index in [0.717, 1.165) is 23.3 Å². The fraction of sp³-hybridized carbons (Fsp3) is 0.238. The highest BCUT2D eigenvalue weighted by molar-refractivity contribution is 8.04. The Balaban J connectivity index is 1.53. The van der Waals surface area contributed by atoms with Crippen molar-refractivity contribution in [1.29, 1.82) is 0 Å². The first-order chi connectivity index (χ1) is 12.7. The number of amides is 2. The number of carbonyl (C=O) groups is 2. The van der Waals surface area contributed by atoms with E-state index in [1.54, 1.807) is 6.07 Å². The molecule has 26 heavy (non-hydrogen) atoms. The normalized spacial score (nSPS) is 18.5. The van der Waals surface area contributed by atoms with Crippen LogP contribution in [-0.4, -0.2) is 17.9 Å². The van der Waals surface area contributed by atoms with Gasteiger partial charge in [-0.1, -0.05) is 54.9 Å². The van der Waals surface area contributed by atoms with Crippen molar-refractivity contribution in [3.63, 3.8) is 0 Å². The lowest BCUT2D eigenvalue weighted by atomic mass is 10.1. The molecular formula is C21H20N2O2S. The van der Waals surface area contributed by atoms with Crippen molar-refractivity contribution >= 4 is 35.3 Å². The van der Waals surface area contributed by atoms with E-state index in [1.807, 2.05) is 48.5 Å². The standard InChI is InChI=1S/C21H20N2O2S/c24-20(22-16-8-4-5-9-16)15-10-11-18-17(13-15)23-21(25)19(26-18)12-14-6-2-1-3-7-14/h1-3,6-7,10-13,16H,4-5,8-9H2,(H,22,24)(H,23,25). The Hall–Kier alpha value is -2.53. The molecule has 1 fully saturated rings. The summed E-state index contributed by atoms with van der Waals surface area (Å²) in [5.74, 6) is -0.204. The second kappa shape index (κ2) is 7.38. The lowest BCUT2D eigenvalue weighted by Crippen LogP contribution is -2.32. The molecule has 0 spiro atoms. The lowest BCUT2D eigenvalue weighted by Gasteiger charge is -2.20. The highest BCUT2D eigenvalue weighted by Gasteiger charge is 2.23. The van der Waals surface area contributed by atoms with Crippen LogP contribution < -0.4 is 10.6 Å². The molecule has 0 radical (unpaired) electrons. The summed E-state index contributed by atoms with van der Waals surface area (Å²) in [5, 5.41) is 6.00. The minimum Gasteiger partial charge on any atom is -0.349 e. The highest BCUT2D eigenvalue weighted by Crippen LogP contribution is 2.39. The molecule has 1 heterocycles. The maximum absolute atomic E-state index is 12.4. The molecule has 2 aromatic rings. The SMILES string of the molecule is O=C1Nc2cc(C(=O)NC3CCCC3)ccc2SC1=Cc1ccccc1. The van der Waals surface area contributed by atoms with Crippen LogP contribution in [0.2, 0.25) is 0 Å². The van der Waals surface area contributed by atoms with Crippen molar-refractivity contribution in [3.05, 3.63) is 64.6 Å². The van der Waals surface area contributed by atoms with Crippen molar-refractivity contribution in [1.82, 2.24) is 5.32 Å². The molecule has 2 aliphatic rings. The van der Waals surface area contributed by atoms with E-state index in [0.29, 0.717) is 16.2 Å². The van der Waals surface area contributed by atoms with Gasteiger partial charge in [-0.25, -0.2) is 0 Å². The minimum absolute atomic E-state index is 0.0652. The first kappa shape index (κ1) is 16.9. The second-order valence-electron chi connectivity index (χ2n) is 6.64. The number of carbonyl (C=O) groups excluding carboxylic acids is 2. The Kier molecular flexibility index (Phi) is 4.80. The van der Waals surface area contributed by atoms with Gasteiger partial charge >= 0.3 is 0 Å². The molecule has 4 nitrogen and oxygen atoms in total. The summed E-state index contributed by atoms with van der Waals surface area (Å²) in [5.41, 5.74) is 2.28. The van der Waals surface area contributed by atoms with E-state index in [2.05, 4.69) is 10.6 Å². The summed E-state index contributed by atoms with van der Waals surface area (Å²) in [6, 6.07) is 15.5. The van der Waals surface area contributed by atoms with Gasteiger partial charge in [0.1, 0.15) is 0 Å². The third-order valence-electron chi connectivity index (χ3n) is 4.72. The first-order valence-electron chi connectivity index (χ1n) is 8.90. The maximum Gasteiger partial charge on any atom is 0.262 e. The molecule has 132 valence electrons. The second-order valence-corrected chi connectivity index (χ2v) is 7.73. The lowest BCUT2D eigenvalue weighted by molar-refractivity contribution is -0.112. The predicted octanol–water partition coefficient (Wildman–Crippen LogP) is 4.44. The van der Waals surface area contributed by atoms with Gasteiger partial charge in [-0.05, 0) is 42.7 Å². The van der Waals surface area contributed by atoms with Crippen LogP contribution >= 0.6 is 11.8 Å². The molecule has 2 aromatic carbocycles. The summed E-state index contributed by atoms with van der Waals surface area (Å²) in [6.45, 7) is 0. The molecule has 1 aliphatic carbocycles. The van der Waals surface area contributed by atoms with Crippen LogP contribution in [-0.2, 0) is 4.79 Å². The third kappa shape index (κ3) is 3.68. The third-order valence-corrected chi connectivity index (χ3v) is 5.82. The van der Waals surface area contributed by atoms with Crippen molar-refractivity contribution < 1.29 is 9.59 Å². The van der Waals surface area contributed by atoms with Gasteiger partial charge in [0.05, 0.1) is 10.6 Å². The Morgan fingerprint density at radius 1 is 1.12 bits per heavy atom. The van der Waals surface area contributed by atoms with E-state index >= 15 is 0 Å². The number of benzene rings is 2. The van der Waals surface area contributed by atoms with Crippen LogP contribution in [0.3, 0.4) is 0 Å². The number of hydrogen-bond acceptors (Lipinski definition) is 3. The van der Waals surface area contributed by atoms with Gasteiger partial charge in [-0.3, -0.25) is 9.59 Å². The Morgan fingerprint density at radius 2 is 1.88 bits per heavy atom. The summed E-state index contributed by atoms with van der Waals surface area (Å²) in [4.78, 5) is 26.4. The van der Waals surface area contributed by atoms with Crippen LogP contribution in [0.5, 0.6) is 0 Å². The molecular weight excluding hydrogens is 344 g/mol. The van der Waals surface area contributed by atoms with Gasteiger partial charge in [0.15, 0.2) is 0 Å². The average molecular weight is 364 g/mol. The van der Waals surface area contributed by atoms with Crippen molar-refractivity contribution in [2.45, 2.75) is 36.6 Å². The fourth-order valence-corrected chi connectivity index (χ4v) is 4.27. The average Bonchev–Trinajstić information content (AvgIpc) is 3.16. The predicted molar refractivity (Wildman–Crippen MR) is 105 cm³/mol. The number of fused-ring (bicyclic) bond motifs is 1. The number of anilines is 1. The number of nitrogens with one attached hydrogen (secondary N) is 2. The minimum atomic E-state index is -0.139. The number of hydrogen-bond donors (Lipinski definition) is 2. The maximum atomic E-state index is 12.4. The molecule has 0 unspecified atom stereocenters. The van der Waals surface area contributed by atoms with Crippen molar-refractivity contribution in [2.75, 3.05) is 5.32 Å². The zero-order valence-corrected chi connectivity index (χ0v) is 15.1. The van der Waals surface area contributed by atoms with Crippen molar-refractivity contribution in [3.8, 4) is 0 Å². The topological polar surface area (TPSA) is 58.2 Å². The van der Waals surface area contributed by atoms with Crippen LogP contribution in [0.25, 0.3) is 6.08 Å². The molecule has 4 rings (SSSR count). The molecule has 5 heteroatoms. The molecule has 1 aliphatic heterocycles. The van der Waals surface area contributed by atoms with Gasteiger partial charge in [0.25, 0.3) is 11.8 Å².